The fourth-order valence-corrected chi connectivity index (χ4v) is 10.7. The maximum Gasteiger partial charge on any atom is 0.0277 e. The maximum atomic E-state index is 6.10. The Balaban J connectivity index is 1.01. The van der Waals surface area contributed by atoms with Crippen molar-refractivity contribution < 1.29 is 0 Å². The van der Waals surface area contributed by atoms with Crippen LogP contribution in [-0.2, 0) is 12.8 Å². The average molecular weight is 661 g/mol. The number of terminal acetylenes is 1. The topological polar surface area (TPSA) is 0 Å². The first-order valence-electron chi connectivity index (χ1n) is 20.0. The highest BCUT2D eigenvalue weighted by molar-refractivity contribution is 5.76. The van der Waals surface area contributed by atoms with E-state index in [1.54, 1.807) is 0 Å². The minimum atomic E-state index is 0.419. The molecule has 0 nitrogen and oxygen atoms in total. The number of aryl methyl sites for hydroxylation is 1. The zero-order valence-corrected chi connectivity index (χ0v) is 31.2. The van der Waals surface area contributed by atoms with Crippen molar-refractivity contribution in [1.29, 1.82) is 0 Å². The van der Waals surface area contributed by atoms with E-state index in [0.717, 1.165) is 24.3 Å². The van der Waals surface area contributed by atoms with Crippen molar-refractivity contribution in [2.24, 2.45) is 28.6 Å². The number of hydrogen-bond acceptors (Lipinski definition) is 0. The fourth-order valence-electron chi connectivity index (χ4n) is 10.7. The van der Waals surface area contributed by atoms with Gasteiger partial charge in [-0.3, -0.25) is 0 Å². The molecule has 0 radical (unpaired) electrons. The Morgan fingerprint density at radius 3 is 2.24 bits per heavy atom. The van der Waals surface area contributed by atoms with Crippen LogP contribution >= 0.6 is 0 Å². The van der Waals surface area contributed by atoms with Gasteiger partial charge in [0.15, 0.2) is 0 Å². The van der Waals surface area contributed by atoms with Crippen molar-refractivity contribution in [2.75, 3.05) is 0 Å². The molecular formula is C50H60. The van der Waals surface area contributed by atoms with Gasteiger partial charge >= 0.3 is 0 Å². The van der Waals surface area contributed by atoms with Crippen molar-refractivity contribution in [3.63, 3.8) is 0 Å². The normalized spacial score (nSPS) is 27.9. The maximum absolute atomic E-state index is 6.10. The fraction of sp³-hybridized carbons (Fsp3) is 0.480. The van der Waals surface area contributed by atoms with E-state index in [1.807, 2.05) is 0 Å². The predicted octanol–water partition coefficient (Wildman–Crippen LogP) is 13.4. The largest absolute Gasteiger partial charge is 0.115 e. The van der Waals surface area contributed by atoms with Gasteiger partial charge in [0.05, 0.1) is 0 Å². The second kappa shape index (κ2) is 15.0. The monoisotopic (exact) mass is 660 g/mol. The quantitative estimate of drug-likeness (QED) is 0.150. The number of hydrogen-bond donors (Lipinski definition) is 0. The van der Waals surface area contributed by atoms with Gasteiger partial charge in [-0.1, -0.05) is 124 Å². The van der Waals surface area contributed by atoms with Crippen LogP contribution in [0.5, 0.6) is 0 Å². The standard InChI is InChI=1S/C50H60/c1-6-41-19-17-40(34-47(41)43-26-28-50(29-27-43)31-30-49(4,5)35-50)33-39-15-20-44(21-16-39)48(37(3)13-14-38-10-8-7-9-11-38)45-24-22-42(23-25-45)46-18-12-36(2)32-46/h1,7-12,17-19,22-25,32,34,36,39,43-44,48H,3,13-16,20-21,26-31,33,35H2,2,4-5H3. The Morgan fingerprint density at radius 1 is 0.860 bits per heavy atom. The van der Waals surface area contributed by atoms with Gasteiger partial charge in [-0.2, -0.15) is 0 Å². The van der Waals surface area contributed by atoms with Crippen LogP contribution in [0.3, 0.4) is 0 Å². The van der Waals surface area contributed by atoms with Crippen molar-refractivity contribution in [3.8, 4) is 12.3 Å². The van der Waals surface area contributed by atoms with Gasteiger partial charge in [0.1, 0.15) is 0 Å². The van der Waals surface area contributed by atoms with Crippen molar-refractivity contribution in [3.05, 3.63) is 137 Å². The molecule has 0 saturated heterocycles. The summed E-state index contributed by atoms with van der Waals surface area (Å²) in [6.07, 6.45) is 31.1. The van der Waals surface area contributed by atoms with Crippen LogP contribution in [0, 0.1) is 40.9 Å². The zero-order valence-electron chi connectivity index (χ0n) is 31.2. The summed E-state index contributed by atoms with van der Waals surface area (Å²) in [6.45, 7) is 12.0. The van der Waals surface area contributed by atoms with Crippen LogP contribution in [0.15, 0.2) is 103 Å². The molecule has 0 aliphatic heterocycles. The van der Waals surface area contributed by atoms with Crippen LogP contribution in [0.4, 0.5) is 0 Å². The molecule has 0 amide bonds. The van der Waals surface area contributed by atoms with Gasteiger partial charge in [-0.15, -0.1) is 6.42 Å². The molecule has 0 heteroatoms. The Hall–Kier alpha value is -3.56. The Kier molecular flexibility index (Phi) is 10.4. The van der Waals surface area contributed by atoms with Gasteiger partial charge in [-0.05, 0) is 164 Å². The Morgan fingerprint density at radius 2 is 1.60 bits per heavy atom. The lowest BCUT2D eigenvalue weighted by atomic mass is 9.66. The smallest absolute Gasteiger partial charge is 0.0277 e. The molecule has 3 fully saturated rings. The lowest BCUT2D eigenvalue weighted by Crippen LogP contribution is -2.25. The minimum Gasteiger partial charge on any atom is -0.115 e. The predicted molar refractivity (Wildman–Crippen MR) is 214 cm³/mol. The summed E-state index contributed by atoms with van der Waals surface area (Å²) in [5.74, 6) is 6.04. The van der Waals surface area contributed by atoms with E-state index in [2.05, 4.69) is 118 Å². The first-order valence-corrected chi connectivity index (χ1v) is 20.0. The molecule has 2 atom stereocenters. The highest BCUT2D eigenvalue weighted by atomic mass is 14.5. The van der Waals surface area contributed by atoms with Crippen molar-refractivity contribution in [2.45, 2.75) is 122 Å². The third-order valence-electron chi connectivity index (χ3n) is 13.5. The highest BCUT2D eigenvalue weighted by Crippen LogP contribution is 2.58. The summed E-state index contributed by atoms with van der Waals surface area (Å²) in [4.78, 5) is 0. The van der Waals surface area contributed by atoms with Gasteiger partial charge < -0.3 is 0 Å². The minimum absolute atomic E-state index is 0.419. The van der Waals surface area contributed by atoms with Gasteiger partial charge in [-0.25, -0.2) is 0 Å². The lowest BCUT2D eigenvalue weighted by Gasteiger charge is -2.39. The molecule has 1 spiro atoms. The average Bonchev–Trinajstić information content (AvgIpc) is 3.70. The molecule has 2 unspecified atom stereocenters. The summed E-state index contributed by atoms with van der Waals surface area (Å²) < 4.78 is 0. The molecule has 260 valence electrons. The number of benzene rings is 3. The molecule has 4 aliphatic carbocycles. The van der Waals surface area contributed by atoms with E-state index >= 15 is 0 Å². The van der Waals surface area contributed by atoms with Crippen molar-refractivity contribution in [1.82, 2.24) is 0 Å². The second-order valence-electron chi connectivity index (χ2n) is 17.7. The molecule has 0 aromatic heterocycles. The molecule has 0 heterocycles. The van der Waals surface area contributed by atoms with E-state index in [1.165, 1.54) is 116 Å². The van der Waals surface area contributed by atoms with Crippen LogP contribution in [0.25, 0.3) is 5.57 Å². The summed E-state index contributed by atoms with van der Waals surface area (Å²) >= 11 is 0. The molecule has 50 heavy (non-hydrogen) atoms. The van der Waals surface area contributed by atoms with E-state index < -0.39 is 0 Å². The van der Waals surface area contributed by atoms with Gasteiger partial charge in [0, 0.05) is 11.5 Å². The molecule has 7 rings (SSSR count). The molecule has 0 bridgehead atoms. The Bertz CT molecular complexity index is 1720. The highest BCUT2D eigenvalue weighted by Gasteiger charge is 2.45. The van der Waals surface area contributed by atoms with Crippen LogP contribution in [-0.4, -0.2) is 0 Å². The molecular weight excluding hydrogens is 601 g/mol. The summed E-state index contributed by atoms with van der Waals surface area (Å²) in [5, 5.41) is 0. The molecule has 3 aromatic carbocycles. The van der Waals surface area contributed by atoms with Gasteiger partial charge in [0.2, 0.25) is 0 Å². The van der Waals surface area contributed by atoms with Crippen LogP contribution < -0.4 is 0 Å². The van der Waals surface area contributed by atoms with E-state index in [0.29, 0.717) is 34.5 Å². The number of allylic oxidation sites excluding steroid dienone is 5. The van der Waals surface area contributed by atoms with Gasteiger partial charge in [0.25, 0.3) is 0 Å². The van der Waals surface area contributed by atoms with Crippen molar-refractivity contribution >= 4 is 5.57 Å². The van der Waals surface area contributed by atoms with Crippen LogP contribution in [0.1, 0.15) is 143 Å². The molecule has 0 N–H and O–H groups in total. The first-order chi connectivity index (χ1) is 24.2. The SMILES string of the molecule is C#Cc1ccc(CC2CCC(C(C(=C)CCc3ccccc3)c3ccc(C4=CC(C)C=C4)cc3)CC2)cc1C1CCC2(CC1)CCC(C)(C)C2. The third-order valence-corrected chi connectivity index (χ3v) is 13.5. The van der Waals surface area contributed by atoms with E-state index in [-0.39, 0.29) is 0 Å². The number of rotatable bonds is 10. The third kappa shape index (κ3) is 7.99. The summed E-state index contributed by atoms with van der Waals surface area (Å²) in [6, 6.07) is 27.6. The van der Waals surface area contributed by atoms with E-state index in [4.69, 9.17) is 13.0 Å². The van der Waals surface area contributed by atoms with E-state index in [9.17, 15) is 0 Å². The molecule has 3 saturated carbocycles. The Labute approximate surface area is 304 Å². The summed E-state index contributed by atoms with van der Waals surface area (Å²) in [7, 11) is 0. The first kappa shape index (κ1) is 34.9. The molecule has 3 aromatic rings. The van der Waals surface area contributed by atoms with Crippen LogP contribution in [0.2, 0.25) is 0 Å². The lowest BCUT2D eigenvalue weighted by molar-refractivity contribution is 0.161. The summed E-state index contributed by atoms with van der Waals surface area (Å²) in [5.41, 5.74) is 12.2. The molecule has 4 aliphatic rings. The zero-order chi connectivity index (χ0) is 34.7. The second-order valence-corrected chi connectivity index (χ2v) is 17.7.